The maximum atomic E-state index is 14.1. The highest BCUT2D eigenvalue weighted by Crippen LogP contribution is 2.40. The molecule has 6 rings (SSSR count). The Labute approximate surface area is 240 Å². The van der Waals surface area contributed by atoms with Gasteiger partial charge in [0.2, 0.25) is 5.95 Å². The van der Waals surface area contributed by atoms with Crippen LogP contribution in [0.25, 0.3) is 0 Å². The van der Waals surface area contributed by atoms with Crippen molar-refractivity contribution >= 4 is 23.7 Å². The number of benzene rings is 3. The number of nitrogens with zero attached hydrogens (tertiary/aromatic N) is 6. The second-order valence-corrected chi connectivity index (χ2v) is 10.1. The van der Waals surface area contributed by atoms with E-state index in [0.717, 1.165) is 0 Å². The van der Waals surface area contributed by atoms with Gasteiger partial charge in [-0.15, -0.1) is 0 Å². The van der Waals surface area contributed by atoms with Gasteiger partial charge in [0.25, 0.3) is 11.8 Å². The van der Waals surface area contributed by atoms with Crippen molar-refractivity contribution in [2.24, 2.45) is 10.7 Å². The molecule has 3 heterocycles. The van der Waals surface area contributed by atoms with Crippen LogP contribution >= 0.6 is 0 Å². The van der Waals surface area contributed by atoms with Crippen LogP contribution in [-0.2, 0) is 16.9 Å². The molecule has 2 amide bonds. The molecule has 0 atom stereocenters. The Morgan fingerprint density at radius 2 is 1.43 bits per heavy atom. The number of piperazine rings is 1. The third-order valence-electron chi connectivity index (χ3n) is 7.55. The summed E-state index contributed by atoms with van der Waals surface area (Å²) >= 11 is 0. The van der Waals surface area contributed by atoms with Crippen molar-refractivity contribution in [2.45, 2.75) is 12.1 Å². The average Bonchev–Trinajstić information content (AvgIpc) is 3.27. The molecule has 11 heteroatoms. The lowest BCUT2D eigenvalue weighted by atomic mass is 9.82. The number of nitrogens with two attached hydrogens (primary N) is 1. The maximum absolute atomic E-state index is 14.1. The number of hydrogen-bond donors (Lipinski definition) is 1. The molecule has 2 N–H and O–H groups in total. The van der Waals surface area contributed by atoms with E-state index in [-0.39, 0.29) is 18.4 Å². The van der Waals surface area contributed by atoms with Crippen molar-refractivity contribution in [1.82, 2.24) is 19.8 Å². The van der Waals surface area contributed by atoms with Crippen molar-refractivity contribution in [3.05, 3.63) is 125 Å². The summed E-state index contributed by atoms with van der Waals surface area (Å²) in [6, 6.07) is 19.7. The Hall–Kier alpha value is -5.19. The van der Waals surface area contributed by atoms with Crippen molar-refractivity contribution < 1.29 is 18.4 Å². The first-order valence-corrected chi connectivity index (χ1v) is 13.4. The standard InChI is InChI=1S/C31H27F2N7O2/c32-25-9-5-23(6-10-25)31(24-7-11-26(33)12-8-24)28(42)40(29(34)37-31)20-21-3-1-4-22(19-21)27(41)38-15-17-39(18-16-38)30-35-13-2-14-36-30/h1-14,19H,15-18,20H2,(H2,34,37). The summed E-state index contributed by atoms with van der Waals surface area (Å²) < 4.78 is 27.6. The summed E-state index contributed by atoms with van der Waals surface area (Å²) in [5.74, 6) is -0.920. The summed E-state index contributed by atoms with van der Waals surface area (Å²) in [5.41, 5.74) is 6.67. The summed E-state index contributed by atoms with van der Waals surface area (Å²) in [5, 5.41) is 0. The van der Waals surface area contributed by atoms with Crippen LogP contribution < -0.4 is 10.6 Å². The summed E-state index contributed by atoms with van der Waals surface area (Å²) in [4.78, 5) is 45.8. The van der Waals surface area contributed by atoms with Gasteiger partial charge >= 0.3 is 0 Å². The average molecular weight is 568 g/mol. The number of halogens is 2. The molecule has 1 saturated heterocycles. The zero-order chi connectivity index (χ0) is 29.3. The molecule has 0 unspecified atom stereocenters. The SMILES string of the molecule is NC1=NC(c2ccc(F)cc2)(c2ccc(F)cc2)C(=O)N1Cc1cccc(C(=O)N2CCN(c3ncccn3)CC2)c1. The monoisotopic (exact) mass is 567 g/mol. The molecular weight excluding hydrogens is 540 g/mol. The van der Waals surface area contributed by atoms with Gasteiger partial charge in [0.05, 0.1) is 6.54 Å². The molecule has 9 nitrogen and oxygen atoms in total. The largest absolute Gasteiger partial charge is 0.369 e. The number of rotatable bonds is 6. The molecule has 3 aromatic carbocycles. The zero-order valence-electron chi connectivity index (χ0n) is 22.5. The molecule has 1 fully saturated rings. The fourth-order valence-corrected chi connectivity index (χ4v) is 5.39. The van der Waals surface area contributed by atoms with Crippen LogP contribution in [0.4, 0.5) is 14.7 Å². The molecule has 212 valence electrons. The Morgan fingerprint density at radius 1 is 0.833 bits per heavy atom. The van der Waals surface area contributed by atoms with Crippen molar-refractivity contribution in [2.75, 3.05) is 31.1 Å². The molecule has 4 aromatic rings. The molecule has 0 saturated carbocycles. The minimum atomic E-state index is -1.61. The summed E-state index contributed by atoms with van der Waals surface area (Å²) in [7, 11) is 0. The third kappa shape index (κ3) is 4.93. The van der Waals surface area contributed by atoms with Gasteiger partial charge in [-0.05, 0) is 59.2 Å². The number of carbonyl (C=O) groups is 2. The first-order chi connectivity index (χ1) is 20.3. The lowest BCUT2D eigenvalue weighted by Crippen LogP contribution is -2.49. The zero-order valence-corrected chi connectivity index (χ0v) is 22.5. The topological polar surface area (TPSA) is 108 Å². The van der Waals surface area contributed by atoms with Crippen LogP contribution in [0.5, 0.6) is 0 Å². The van der Waals surface area contributed by atoms with Gasteiger partial charge in [0.15, 0.2) is 11.5 Å². The van der Waals surface area contributed by atoms with Gasteiger partial charge in [-0.25, -0.2) is 23.7 Å². The number of amides is 2. The highest BCUT2D eigenvalue weighted by Gasteiger charge is 2.50. The van der Waals surface area contributed by atoms with Gasteiger partial charge in [-0.2, -0.15) is 0 Å². The normalized spacial score (nSPS) is 16.5. The Bertz CT molecular complexity index is 1590. The van der Waals surface area contributed by atoms with Crippen molar-refractivity contribution in [3.63, 3.8) is 0 Å². The van der Waals surface area contributed by atoms with Crippen LogP contribution in [-0.4, -0.2) is 63.7 Å². The fraction of sp³-hybridized carbons (Fsp3) is 0.194. The van der Waals surface area contributed by atoms with Crippen LogP contribution in [0.15, 0.2) is 96.2 Å². The number of carbonyl (C=O) groups excluding carboxylic acids is 2. The molecular formula is C31H27F2N7O2. The minimum Gasteiger partial charge on any atom is -0.369 e. The third-order valence-corrected chi connectivity index (χ3v) is 7.55. The fourth-order valence-electron chi connectivity index (χ4n) is 5.39. The summed E-state index contributed by atoms with van der Waals surface area (Å²) in [6.07, 6.45) is 3.38. The molecule has 1 aromatic heterocycles. The lowest BCUT2D eigenvalue weighted by Gasteiger charge is -2.34. The van der Waals surface area contributed by atoms with E-state index >= 15 is 0 Å². The highest BCUT2D eigenvalue weighted by molar-refractivity contribution is 6.09. The van der Waals surface area contributed by atoms with Crippen LogP contribution in [0, 0.1) is 11.6 Å². The molecule has 0 radical (unpaired) electrons. The first kappa shape index (κ1) is 27.0. The van der Waals surface area contributed by atoms with E-state index in [1.54, 1.807) is 47.6 Å². The van der Waals surface area contributed by atoms with Crippen LogP contribution in [0.1, 0.15) is 27.0 Å². The van der Waals surface area contributed by atoms with Crippen LogP contribution in [0.2, 0.25) is 0 Å². The summed E-state index contributed by atoms with van der Waals surface area (Å²) in [6.45, 7) is 2.31. The second kappa shape index (κ2) is 11.0. The van der Waals surface area contributed by atoms with Gasteiger partial charge in [-0.3, -0.25) is 14.5 Å². The van der Waals surface area contributed by atoms with Crippen LogP contribution in [0.3, 0.4) is 0 Å². The number of aromatic nitrogens is 2. The molecule has 2 aliphatic rings. The van der Waals surface area contributed by atoms with E-state index in [1.807, 2.05) is 4.90 Å². The molecule has 2 aliphatic heterocycles. The smallest absolute Gasteiger partial charge is 0.266 e. The van der Waals surface area contributed by atoms with Gasteiger partial charge in [0.1, 0.15) is 11.6 Å². The maximum Gasteiger partial charge on any atom is 0.266 e. The molecule has 0 aliphatic carbocycles. The first-order valence-electron chi connectivity index (χ1n) is 13.4. The molecule has 42 heavy (non-hydrogen) atoms. The van der Waals surface area contributed by atoms with E-state index in [9.17, 15) is 18.4 Å². The minimum absolute atomic E-state index is 0.0374. The van der Waals surface area contributed by atoms with Crippen molar-refractivity contribution in [1.29, 1.82) is 0 Å². The predicted molar refractivity (Wildman–Crippen MR) is 152 cm³/mol. The number of hydrogen-bond acceptors (Lipinski definition) is 7. The van der Waals surface area contributed by atoms with Crippen molar-refractivity contribution in [3.8, 4) is 0 Å². The van der Waals surface area contributed by atoms with E-state index in [1.165, 1.54) is 53.4 Å². The van der Waals surface area contributed by atoms with Gasteiger partial charge in [0, 0.05) is 44.1 Å². The highest BCUT2D eigenvalue weighted by atomic mass is 19.1. The Balaban J connectivity index is 1.22. The molecule has 0 spiro atoms. The lowest BCUT2D eigenvalue weighted by molar-refractivity contribution is -0.130. The number of guanidine groups is 1. The quantitative estimate of drug-likeness (QED) is 0.383. The Morgan fingerprint density at radius 3 is 2.02 bits per heavy atom. The Kier molecular flexibility index (Phi) is 7.07. The van der Waals surface area contributed by atoms with Gasteiger partial charge < -0.3 is 15.5 Å². The van der Waals surface area contributed by atoms with Gasteiger partial charge in [-0.1, -0.05) is 36.4 Å². The van der Waals surface area contributed by atoms with E-state index < -0.39 is 23.1 Å². The van der Waals surface area contributed by atoms with E-state index in [0.29, 0.717) is 54.4 Å². The predicted octanol–water partition coefficient (Wildman–Crippen LogP) is 3.32. The second-order valence-electron chi connectivity index (χ2n) is 10.1. The van der Waals surface area contributed by atoms with E-state index in [4.69, 9.17) is 5.73 Å². The number of anilines is 1. The van der Waals surface area contributed by atoms with E-state index in [2.05, 4.69) is 15.0 Å². The number of aliphatic imine (C=N–C) groups is 1. The molecule has 0 bridgehead atoms.